The Kier molecular flexibility index (Phi) is 4.19. The number of amides is 2. The van der Waals surface area contributed by atoms with Gasteiger partial charge in [-0.1, -0.05) is 43.3 Å². The van der Waals surface area contributed by atoms with Gasteiger partial charge in [-0.25, -0.2) is 0 Å². The molecule has 1 aromatic rings. The number of nitrogens with one attached hydrogen (secondary N) is 1. The first-order chi connectivity index (χ1) is 11.9. The third-order valence-corrected chi connectivity index (χ3v) is 5.61. The van der Waals surface area contributed by atoms with E-state index >= 15 is 0 Å². The van der Waals surface area contributed by atoms with Gasteiger partial charge in [0.25, 0.3) is 5.91 Å². The van der Waals surface area contributed by atoms with E-state index < -0.39 is 11.3 Å². The predicted octanol–water partition coefficient (Wildman–Crippen LogP) is 2.19. The van der Waals surface area contributed by atoms with E-state index in [1.54, 1.807) is 13.1 Å². The fourth-order valence-corrected chi connectivity index (χ4v) is 3.79. The highest BCUT2D eigenvalue weighted by molar-refractivity contribution is 6.00. The largest absolute Gasteiger partial charge is 0.492 e. The van der Waals surface area contributed by atoms with Crippen molar-refractivity contribution in [3.05, 3.63) is 58.9 Å². The molecule has 5 nitrogen and oxygen atoms in total. The van der Waals surface area contributed by atoms with Gasteiger partial charge in [0, 0.05) is 7.05 Å². The predicted molar refractivity (Wildman–Crippen MR) is 95.5 cm³/mol. The minimum absolute atomic E-state index is 0.261. The second kappa shape index (κ2) is 6.06. The highest BCUT2D eigenvalue weighted by atomic mass is 16.5. The van der Waals surface area contributed by atoms with Crippen LogP contribution in [0.2, 0.25) is 0 Å². The van der Waals surface area contributed by atoms with E-state index in [9.17, 15) is 9.59 Å². The first kappa shape index (κ1) is 17.3. The van der Waals surface area contributed by atoms with Crippen LogP contribution in [0.25, 0.3) is 0 Å². The van der Waals surface area contributed by atoms with Gasteiger partial charge in [0.05, 0.1) is 16.4 Å². The molecule has 1 aliphatic heterocycles. The molecule has 1 heterocycles. The Balaban J connectivity index is 2.18. The van der Waals surface area contributed by atoms with Gasteiger partial charge >= 0.3 is 0 Å². The van der Waals surface area contributed by atoms with Crippen LogP contribution in [0, 0.1) is 5.41 Å². The van der Waals surface area contributed by atoms with Gasteiger partial charge < -0.3 is 15.8 Å². The number of primary amides is 1. The van der Waals surface area contributed by atoms with Gasteiger partial charge in [0.2, 0.25) is 5.91 Å². The van der Waals surface area contributed by atoms with Crippen molar-refractivity contribution < 1.29 is 14.3 Å². The molecule has 0 aromatic heterocycles. The Hall–Kier alpha value is -2.56. The van der Waals surface area contributed by atoms with Crippen molar-refractivity contribution >= 4 is 11.8 Å². The van der Waals surface area contributed by atoms with Gasteiger partial charge in [-0.05, 0) is 30.9 Å². The standard InChI is InChI=1S/C20H24N2O3/c1-4-20(18(21)24)10-14(17(23)22-3)16-15(11-20)19(2,12-25-16)13-8-6-5-7-9-13/h5-10H,4,11-12H2,1-3H3,(H2,21,24)(H,22,23). The van der Waals surface area contributed by atoms with E-state index in [2.05, 4.69) is 24.4 Å². The zero-order valence-electron chi connectivity index (χ0n) is 14.9. The molecule has 0 spiro atoms. The van der Waals surface area contributed by atoms with Crippen LogP contribution in [0.15, 0.2) is 53.3 Å². The molecule has 3 rings (SSSR count). The van der Waals surface area contributed by atoms with Crippen LogP contribution in [0.1, 0.15) is 32.3 Å². The van der Waals surface area contributed by atoms with Crippen molar-refractivity contribution in [2.24, 2.45) is 11.1 Å². The summed E-state index contributed by atoms with van der Waals surface area (Å²) in [6.07, 6.45) is 2.70. The van der Waals surface area contributed by atoms with Crippen molar-refractivity contribution in [3.63, 3.8) is 0 Å². The summed E-state index contributed by atoms with van der Waals surface area (Å²) in [4.78, 5) is 24.7. The fraction of sp³-hybridized carbons (Fsp3) is 0.400. The van der Waals surface area contributed by atoms with E-state index in [0.717, 1.165) is 11.1 Å². The summed E-state index contributed by atoms with van der Waals surface area (Å²) < 4.78 is 5.98. The maximum atomic E-state index is 12.4. The lowest BCUT2D eigenvalue weighted by Crippen LogP contribution is -2.41. The maximum absolute atomic E-state index is 12.4. The Bertz CT molecular complexity index is 781. The molecule has 0 saturated heterocycles. The second-order valence-corrected chi connectivity index (χ2v) is 6.98. The van der Waals surface area contributed by atoms with Gasteiger partial charge in [-0.3, -0.25) is 9.59 Å². The van der Waals surface area contributed by atoms with E-state index in [4.69, 9.17) is 10.5 Å². The number of carbonyl (C=O) groups is 2. The lowest BCUT2D eigenvalue weighted by atomic mass is 9.65. The molecule has 2 aliphatic rings. The summed E-state index contributed by atoms with van der Waals surface area (Å²) >= 11 is 0. The number of hydrogen-bond acceptors (Lipinski definition) is 3. The van der Waals surface area contributed by atoms with Gasteiger partial charge in [0.1, 0.15) is 12.4 Å². The summed E-state index contributed by atoms with van der Waals surface area (Å²) in [6.45, 7) is 4.46. The van der Waals surface area contributed by atoms with Crippen molar-refractivity contribution in [1.29, 1.82) is 0 Å². The number of ether oxygens (including phenoxy) is 1. The van der Waals surface area contributed by atoms with Crippen LogP contribution in [-0.4, -0.2) is 25.5 Å². The Morgan fingerprint density at radius 2 is 1.96 bits per heavy atom. The molecule has 0 saturated carbocycles. The zero-order chi connectivity index (χ0) is 18.2. The van der Waals surface area contributed by atoms with E-state index in [-0.39, 0.29) is 11.3 Å². The first-order valence-electron chi connectivity index (χ1n) is 8.55. The van der Waals surface area contributed by atoms with E-state index in [1.807, 2.05) is 25.1 Å². The van der Waals surface area contributed by atoms with Crippen LogP contribution in [-0.2, 0) is 19.7 Å². The molecule has 3 N–H and O–H groups in total. The molecule has 0 radical (unpaired) electrons. The van der Waals surface area contributed by atoms with Crippen LogP contribution in [0.4, 0.5) is 0 Å². The number of benzene rings is 1. The van der Waals surface area contributed by atoms with Crippen molar-refractivity contribution in [3.8, 4) is 0 Å². The minimum atomic E-state index is -0.871. The van der Waals surface area contributed by atoms with E-state index in [1.165, 1.54) is 0 Å². The fourth-order valence-electron chi connectivity index (χ4n) is 3.79. The number of hydrogen-bond donors (Lipinski definition) is 2. The van der Waals surface area contributed by atoms with Crippen molar-refractivity contribution in [1.82, 2.24) is 5.32 Å². The number of likely N-dealkylation sites (N-methyl/N-ethyl adjacent to an activating group) is 1. The molecule has 2 amide bonds. The molecule has 1 aliphatic carbocycles. The highest BCUT2D eigenvalue weighted by Gasteiger charge is 2.50. The monoisotopic (exact) mass is 340 g/mol. The third kappa shape index (κ3) is 2.54. The molecule has 2 atom stereocenters. The number of rotatable bonds is 4. The van der Waals surface area contributed by atoms with Crippen molar-refractivity contribution in [2.45, 2.75) is 32.1 Å². The van der Waals surface area contributed by atoms with Crippen LogP contribution in [0.3, 0.4) is 0 Å². The summed E-state index contributed by atoms with van der Waals surface area (Å²) in [5.74, 6) is -0.0788. The normalized spacial score (nSPS) is 28.0. The molecular weight excluding hydrogens is 316 g/mol. The topological polar surface area (TPSA) is 81.4 Å². The lowest BCUT2D eigenvalue weighted by molar-refractivity contribution is -0.125. The molecule has 0 fully saturated rings. The van der Waals surface area contributed by atoms with Crippen LogP contribution >= 0.6 is 0 Å². The number of carbonyl (C=O) groups excluding carboxylic acids is 2. The maximum Gasteiger partial charge on any atom is 0.254 e. The van der Waals surface area contributed by atoms with E-state index in [0.29, 0.717) is 30.8 Å². The first-order valence-corrected chi connectivity index (χ1v) is 8.55. The summed E-state index contributed by atoms with van der Waals surface area (Å²) in [5, 5.41) is 2.64. The molecule has 2 unspecified atom stereocenters. The molecule has 132 valence electrons. The average molecular weight is 340 g/mol. The molecular formula is C20H24N2O3. The van der Waals surface area contributed by atoms with Gasteiger partial charge in [-0.15, -0.1) is 0 Å². The summed E-state index contributed by atoms with van der Waals surface area (Å²) in [7, 11) is 1.57. The van der Waals surface area contributed by atoms with Crippen molar-refractivity contribution in [2.75, 3.05) is 13.7 Å². The smallest absolute Gasteiger partial charge is 0.254 e. The second-order valence-electron chi connectivity index (χ2n) is 6.98. The molecule has 1 aromatic carbocycles. The van der Waals surface area contributed by atoms with Gasteiger partial charge in [0.15, 0.2) is 0 Å². The number of nitrogens with two attached hydrogens (primary N) is 1. The Morgan fingerprint density at radius 3 is 2.52 bits per heavy atom. The average Bonchev–Trinajstić information content (AvgIpc) is 2.98. The third-order valence-electron chi connectivity index (χ3n) is 5.61. The lowest BCUT2D eigenvalue weighted by Gasteiger charge is -2.35. The molecule has 5 heteroatoms. The van der Waals surface area contributed by atoms with Crippen LogP contribution < -0.4 is 11.1 Å². The highest BCUT2D eigenvalue weighted by Crippen LogP contribution is 2.51. The van der Waals surface area contributed by atoms with Gasteiger partial charge in [-0.2, -0.15) is 0 Å². The SMILES string of the molecule is CCC1(C(N)=O)C=C(C(=O)NC)C2=C(C1)C(C)(c1ccccc1)CO2. The molecule has 25 heavy (non-hydrogen) atoms. The minimum Gasteiger partial charge on any atom is -0.492 e. The summed E-state index contributed by atoms with van der Waals surface area (Å²) in [6, 6.07) is 10.0. The summed E-state index contributed by atoms with van der Waals surface area (Å²) in [5.41, 5.74) is 6.97. The Labute approximate surface area is 147 Å². The Morgan fingerprint density at radius 1 is 1.28 bits per heavy atom. The quantitative estimate of drug-likeness (QED) is 0.881. The molecule has 0 bridgehead atoms. The zero-order valence-corrected chi connectivity index (χ0v) is 14.9. The van der Waals surface area contributed by atoms with Crippen LogP contribution in [0.5, 0.6) is 0 Å².